The lowest BCUT2D eigenvalue weighted by Crippen LogP contribution is -2.19. The zero-order valence-electron chi connectivity index (χ0n) is 7.53. The maximum absolute atomic E-state index is 10.5. The maximum Gasteiger partial charge on any atom is 0.510 e. The van der Waals surface area contributed by atoms with Crippen LogP contribution in [0.1, 0.15) is 6.92 Å². The molecule has 0 aromatic carbocycles. The van der Waals surface area contributed by atoms with E-state index >= 15 is 0 Å². The molecule has 5 heteroatoms. The van der Waals surface area contributed by atoms with E-state index < -0.39 is 12.4 Å². The van der Waals surface area contributed by atoms with Gasteiger partial charge in [-0.25, -0.2) is 4.79 Å². The van der Waals surface area contributed by atoms with E-state index in [2.05, 4.69) is 9.47 Å². The fourth-order valence-corrected chi connectivity index (χ4v) is 0.515. The van der Waals surface area contributed by atoms with Gasteiger partial charge in [0.05, 0.1) is 20.3 Å². The van der Waals surface area contributed by atoms with Crippen LogP contribution in [0.15, 0.2) is 0 Å². The quantitative estimate of drug-likeness (QED) is 0.353. The van der Waals surface area contributed by atoms with E-state index in [-0.39, 0.29) is 0 Å². The number of methoxy groups -OCH3 is 2. The molecular weight excluding hydrogens is 164 g/mol. The van der Waals surface area contributed by atoms with Crippen LogP contribution in [0, 0.1) is 0 Å². The van der Waals surface area contributed by atoms with Gasteiger partial charge in [-0.2, -0.15) is 0 Å². The van der Waals surface area contributed by atoms with E-state index in [1.54, 1.807) is 14.0 Å². The Morgan fingerprint density at radius 1 is 1.33 bits per heavy atom. The van der Waals surface area contributed by atoms with Crippen molar-refractivity contribution < 1.29 is 23.7 Å². The molecule has 0 aliphatic carbocycles. The molecular formula is C7H14O5. The van der Waals surface area contributed by atoms with Crippen LogP contribution < -0.4 is 0 Å². The van der Waals surface area contributed by atoms with Crippen LogP contribution in [0.5, 0.6) is 0 Å². The highest BCUT2D eigenvalue weighted by atomic mass is 16.8. The molecule has 0 aliphatic heterocycles. The minimum Gasteiger partial charge on any atom is -0.438 e. The van der Waals surface area contributed by atoms with Crippen LogP contribution in [-0.4, -0.2) is 39.9 Å². The summed E-state index contributed by atoms with van der Waals surface area (Å²) in [5.74, 6) is 0. The van der Waals surface area contributed by atoms with Crippen molar-refractivity contribution in [1.29, 1.82) is 0 Å². The zero-order chi connectivity index (χ0) is 9.40. The number of rotatable bonds is 5. The monoisotopic (exact) mass is 178 g/mol. The molecule has 12 heavy (non-hydrogen) atoms. The first-order chi connectivity index (χ1) is 5.70. The second kappa shape index (κ2) is 6.87. The third-order valence-electron chi connectivity index (χ3n) is 1.07. The van der Waals surface area contributed by atoms with Crippen molar-refractivity contribution in [3.05, 3.63) is 0 Å². The van der Waals surface area contributed by atoms with Gasteiger partial charge in [0, 0.05) is 7.11 Å². The second-order valence-electron chi connectivity index (χ2n) is 2.00. The van der Waals surface area contributed by atoms with Gasteiger partial charge in [0.25, 0.3) is 0 Å². The van der Waals surface area contributed by atoms with Gasteiger partial charge in [0.2, 0.25) is 6.29 Å². The molecule has 0 saturated heterocycles. The van der Waals surface area contributed by atoms with Crippen molar-refractivity contribution in [3.8, 4) is 0 Å². The highest BCUT2D eigenvalue weighted by Crippen LogP contribution is 1.95. The lowest BCUT2D eigenvalue weighted by Gasteiger charge is -2.12. The number of hydrogen-bond donors (Lipinski definition) is 0. The average molecular weight is 178 g/mol. The summed E-state index contributed by atoms with van der Waals surface area (Å²) in [5.41, 5.74) is 0. The lowest BCUT2D eigenvalue weighted by molar-refractivity contribution is -0.116. The fourth-order valence-electron chi connectivity index (χ4n) is 0.515. The van der Waals surface area contributed by atoms with Crippen molar-refractivity contribution in [2.24, 2.45) is 0 Å². The maximum atomic E-state index is 10.5. The summed E-state index contributed by atoms with van der Waals surface area (Å²) in [6, 6.07) is 0. The molecule has 0 radical (unpaired) electrons. The van der Waals surface area contributed by atoms with Crippen molar-refractivity contribution in [2.75, 3.05) is 27.4 Å². The molecule has 0 spiro atoms. The second-order valence-corrected chi connectivity index (χ2v) is 2.00. The van der Waals surface area contributed by atoms with Crippen LogP contribution in [-0.2, 0) is 18.9 Å². The van der Waals surface area contributed by atoms with Gasteiger partial charge in [-0.05, 0) is 6.92 Å². The molecule has 0 rings (SSSR count). The Bertz CT molecular complexity index is 125. The van der Waals surface area contributed by atoms with Crippen molar-refractivity contribution >= 4 is 6.16 Å². The van der Waals surface area contributed by atoms with Gasteiger partial charge in [-0.1, -0.05) is 0 Å². The van der Waals surface area contributed by atoms with Gasteiger partial charge in [-0.3, -0.25) is 0 Å². The predicted octanol–water partition coefficient (Wildman–Crippen LogP) is 0.778. The molecule has 1 atom stereocenters. The summed E-state index contributed by atoms with van der Waals surface area (Å²) in [4.78, 5) is 10.5. The molecule has 0 N–H and O–H groups in total. The third-order valence-corrected chi connectivity index (χ3v) is 1.07. The molecule has 1 unspecified atom stereocenters. The van der Waals surface area contributed by atoms with Gasteiger partial charge >= 0.3 is 6.16 Å². The third kappa shape index (κ3) is 5.94. The predicted molar refractivity (Wildman–Crippen MR) is 40.8 cm³/mol. The number of ether oxygens (including phenoxy) is 4. The minimum absolute atomic E-state index is 0.384. The SMILES string of the molecule is COCCOC(C)OC(=O)OC. The lowest BCUT2D eigenvalue weighted by atomic mass is 10.7. The molecule has 0 bridgehead atoms. The van der Waals surface area contributed by atoms with Crippen LogP contribution in [0.25, 0.3) is 0 Å². The largest absolute Gasteiger partial charge is 0.510 e. The molecule has 0 fully saturated rings. The Kier molecular flexibility index (Phi) is 6.41. The normalized spacial score (nSPS) is 12.2. The van der Waals surface area contributed by atoms with Crippen molar-refractivity contribution in [3.63, 3.8) is 0 Å². The fraction of sp³-hybridized carbons (Fsp3) is 0.857. The van der Waals surface area contributed by atoms with Gasteiger partial charge in [0.15, 0.2) is 0 Å². The van der Waals surface area contributed by atoms with E-state index in [0.717, 1.165) is 0 Å². The summed E-state index contributed by atoms with van der Waals surface area (Å²) in [6.45, 7) is 2.45. The molecule has 0 amide bonds. The van der Waals surface area contributed by atoms with Crippen molar-refractivity contribution in [2.45, 2.75) is 13.2 Å². The molecule has 0 heterocycles. The standard InChI is InChI=1S/C7H14O5/c1-6(11-5-4-9-2)12-7(8)10-3/h6H,4-5H2,1-3H3. The van der Waals surface area contributed by atoms with Crippen LogP contribution in [0.3, 0.4) is 0 Å². The summed E-state index contributed by atoms with van der Waals surface area (Å²) in [6.07, 6.45) is -1.35. The van der Waals surface area contributed by atoms with Gasteiger partial charge < -0.3 is 18.9 Å². The minimum atomic E-state index is -0.750. The highest BCUT2D eigenvalue weighted by molar-refractivity contribution is 5.59. The van der Waals surface area contributed by atoms with Gasteiger partial charge in [0.1, 0.15) is 0 Å². The van der Waals surface area contributed by atoms with Crippen LogP contribution in [0.2, 0.25) is 0 Å². The number of hydrogen-bond acceptors (Lipinski definition) is 5. The summed E-state index contributed by atoms with van der Waals surface area (Å²) in [5, 5.41) is 0. The van der Waals surface area contributed by atoms with E-state index in [0.29, 0.717) is 13.2 Å². The highest BCUT2D eigenvalue weighted by Gasteiger charge is 2.08. The zero-order valence-corrected chi connectivity index (χ0v) is 7.53. The van der Waals surface area contributed by atoms with Crippen LogP contribution >= 0.6 is 0 Å². The molecule has 5 nitrogen and oxygen atoms in total. The summed E-state index contributed by atoms with van der Waals surface area (Å²) in [7, 11) is 2.80. The Labute approximate surface area is 71.5 Å². The summed E-state index contributed by atoms with van der Waals surface area (Å²) >= 11 is 0. The first-order valence-electron chi connectivity index (χ1n) is 3.55. The Morgan fingerprint density at radius 3 is 2.50 bits per heavy atom. The summed E-state index contributed by atoms with van der Waals surface area (Å²) < 4.78 is 18.6. The smallest absolute Gasteiger partial charge is 0.438 e. The van der Waals surface area contributed by atoms with Gasteiger partial charge in [-0.15, -0.1) is 0 Å². The van der Waals surface area contributed by atoms with E-state index in [1.165, 1.54) is 7.11 Å². The average Bonchev–Trinajstić information content (AvgIpc) is 2.05. The molecule has 0 aromatic heterocycles. The molecule has 0 aliphatic rings. The molecule has 72 valence electrons. The Morgan fingerprint density at radius 2 is 2.00 bits per heavy atom. The van der Waals surface area contributed by atoms with E-state index in [1.807, 2.05) is 0 Å². The Balaban J connectivity index is 3.32. The first-order valence-corrected chi connectivity index (χ1v) is 3.55. The van der Waals surface area contributed by atoms with Crippen molar-refractivity contribution in [1.82, 2.24) is 0 Å². The number of carbonyl (C=O) groups excluding carboxylic acids is 1. The molecule has 0 saturated carbocycles. The van der Waals surface area contributed by atoms with Crippen LogP contribution in [0.4, 0.5) is 4.79 Å². The molecule has 0 aromatic rings. The number of carbonyl (C=O) groups is 1. The Hall–Kier alpha value is -0.810. The topological polar surface area (TPSA) is 54.0 Å². The first kappa shape index (κ1) is 11.2. The van der Waals surface area contributed by atoms with E-state index in [9.17, 15) is 4.79 Å². The van der Waals surface area contributed by atoms with E-state index in [4.69, 9.17) is 9.47 Å².